The number of urea groups is 1. The number of fused-ring (bicyclic) bond motifs is 1. The number of aryl methyl sites for hydroxylation is 1. The van der Waals surface area contributed by atoms with Crippen LogP contribution < -0.4 is 10.6 Å². The zero-order valence-corrected chi connectivity index (χ0v) is 20.0. The fraction of sp³-hybridized carbons (Fsp3) is 0.320. The summed E-state index contributed by atoms with van der Waals surface area (Å²) in [4.78, 5) is 42.9. The van der Waals surface area contributed by atoms with Gasteiger partial charge in [-0.15, -0.1) is 0 Å². The van der Waals surface area contributed by atoms with Crippen LogP contribution in [0.1, 0.15) is 54.5 Å². The molecule has 1 aliphatic heterocycles. The van der Waals surface area contributed by atoms with Gasteiger partial charge in [-0.1, -0.05) is 30.3 Å². The number of carbonyl (C=O) groups excluding carboxylic acids is 3. The number of pyridine rings is 1. The van der Waals surface area contributed by atoms with Crippen molar-refractivity contribution in [2.75, 3.05) is 13.2 Å². The van der Waals surface area contributed by atoms with Gasteiger partial charge in [-0.25, -0.2) is 24.0 Å². The fourth-order valence-corrected chi connectivity index (χ4v) is 3.98. The zero-order chi connectivity index (χ0) is 25.1. The first kappa shape index (κ1) is 23.9. The highest BCUT2D eigenvalue weighted by atomic mass is 16.5. The quantitative estimate of drug-likeness (QED) is 0.500. The largest absolute Gasteiger partial charge is 0.463 e. The van der Waals surface area contributed by atoms with Crippen LogP contribution in [0.25, 0.3) is 11.0 Å². The van der Waals surface area contributed by atoms with Gasteiger partial charge < -0.3 is 20.1 Å². The van der Waals surface area contributed by atoms with Crippen molar-refractivity contribution in [3.05, 3.63) is 70.7 Å². The molecule has 0 fully saturated rings. The molecule has 3 heterocycles. The predicted molar refractivity (Wildman–Crippen MR) is 127 cm³/mol. The van der Waals surface area contributed by atoms with E-state index in [2.05, 4.69) is 20.7 Å². The predicted octanol–water partition coefficient (Wildman–Crippen LogP) is 3.35. The summed E-state index contributed by atoms with van der Waals surface area (Å²) in [5.41, 5.74) is 2.55. The third-order valence-corrected chi connectivity index (χ3v) is 5.53. The average molecular weight is 478 g/mol. The molecule has 1 aliphatic rings. The number of hydrogen-bond donors (Lipinski definition) is 2. The molecule has 0 saturated heterocycles. The van der Waals surface area contributed by atoms with E-state index in [1.54, 1.807) is 55.1 Å². The van der Waals surface area contributed by atoms with E-state index in [1.807, 2.05) is 19.9 Å². The highest BCUT2D eigenvalue weighted by Gasteiger charge is 2.34. The highest BCUT2D eigenvalue weighted by Crippen LogP contribution is 2.28. The second kappa shape index (κ2) is 9.96. The maximum atomic E-state index is 13.1. The van der Waals surface area contributed by atoms with Crippen molar-refractivity contribution < 1.29 is 23.9 Å². The summed E-state index contributed by atoms with van der Waals surface area (Å²) in [6.45, 7) is 7.25. The van der Waals surface area contributed by atoms with Gasteiger partial charge in [0.2, 0.25) is 0 Å². The molecule has 35 heavy (non-hydrogen) atoms. The van der Waals surface area contributed by atoms with E-state index < -0.39 is 24.0 Å². The molecule has 4 rings (SSSR count). The fourth-order valence-electron chi connectivity index (χ4n) is 3.98. The number of ether oxygens (including phenoxy) is 2. The number of rotatable bonds is 7. The molecule has 1 aromatic carbocycles. The number of nitrogens with zero attached hydrogens (tertiary/aromatic N) is 3. The van der Waals surface area contributed by atoms with Gasteiger partial charge in [0.05, 0.1) is 41.1 Å². The van der Waals surface area contributed by atoms with Gasteiger partial charge in [0.1, 0.15) is 6.61 Å². The lowest BCUT2D eigenvalue weighted by molar-refractivity contribution is -0.139. The Hall–Kier alpha value is -4.21. The molecule has 0 aliphatic carbocycles. The van der Waals surface area contributed by atoms with Gasteiger partial charge in [0.15, 0.2) is 5.65 Å². The zero-order valence-electron chi connectivity index (χ0n) is 20.0. The molecule has 2 amide bonds. The Morgan fingerprint density at radius 1 is 1.14 bits per heavy atom. The van der Waals surface area contributed by atoms with Crippen LogP contribution in [0.2, 0.25) is 0 Å². The van der Waals surface area contributed by atoms with Crippen LogP contribution in [0.5, 0.6) is 0 Å². The van der Waals surface area contributed by atoms with Gasteiger partial charge in [-0.3, -0.25) is 0 Å². The summed E-state index contributed by atoms with van der Waals surface area (Å²) in [5.74, 6) is -1.23. The van der Waals surface area contributed by atoms with E-state index in [-0.39, 0.29) is 30.5 Å². The first-order chi connectivity index (χ1) is 16.8. The van der Waals surface area contributed by atoms with Crippen LogP contribution in [0.15, 0.2) is 53.9 Å². The molecule has 2 N–H and O–H groups in total. The first-order valence-electron chi connectivity index (χ1n) is 11.3. The molecule has 3 aromatic rings. The van der Waals surface area contributed by atoms with Crippen LogP contribution >= 0.6 is 0 Å². The maximum absolute atomic E-state index is 13.1. The number of nitrogens with one attached hydrogen (secondary N) is 2. The van der Waals surface area contributed by atoms with Crippen LogP contribution in [0, 0.1) is 6.92 Å². The van der Waals surface area contributed by atoms with Gasteiger partial charge in [-0.05, 0) is 39.3 Å². The van der Waals surface area contributed by atoms with Crippen molar-refractivity contribution in [1.29, 1.82) is 0 Å². The first-order valence-corrected chi connectivity index (χ1v) is 11.3. The van der Waals surface area contributed by atoms with Gasteiger partial charge in [-0.2, -0.15) is 5.10 Å². The molecule has 1 unspecified atom stereocenters. The monoisotopic (exact) mass is 477 g/mol. The van der Waals surface area contributed by atoms with E-state index in [4.69, 9.17) is 9.47 Å². The molecule has 10 nitrogen and oxygen atoms in total. The second-order valence-corrected chi connectivity index (χ2v) is 8.36. The van der Waals surface area contributed by atoms with Crippen molar-refractivity contribution in [3.8, 4) is 0 Å². The summed E-state index contributed by atoms with van der Waals surface area (Å²) in [6.07, 6.45) is 1.58. The Labute approximate surface area is 202 Å². The summed E-state index contributed by atoms with van der Waals surface area (Å²) in [5, 5.41) is 10.3. The summed E-state index contributed by atoms with van der Waals surface area (Å²) >= 11 is 0. The number of hydrogen-bond acceptors (Lipinski definition) is 7. The summed E-state index contributed by atoms with van der Waals surface area (Å²) in [7, 11) is 0. The maximum Gasteiger partial charge on any atom is 0.339 e. The average Bonchev–Trinajstić information content (AvgIpc) is 3.26. The Morgan fingerprint density at radius 2 is 1.89 bits per heavy atom. The third-order valence-electron chi connectivity index (χ3n) is 5.53. The molecular weight excluding hydrogens is 450 g/mol. The van der Waals surface area contributed by atoms with Crippen molar-refractivity contribution in [1.82, 2.24) is 25.4 Å². The van der Waals surface area contributed by atoms with E-state index in [9.17, 15) is 14.4 Å². The van der Waals surface area contributed by atoms with Crippen molar-refractivity contribution in [2.45, 2.75) is 39.8 Å². The molecular formula is C25H27N5O5. The Kier molecular flexibility index (Phi) is 6.81. The van der Waals surface area contributed by atoms with Gasteiger partial charge in [0.25, 0.3) is 0 Å². The Bertz CT molecular complexity index is 1310. The topological polar surface area (TPSA) is 124 Å². The molecule has 0 spiro atoms. The standard InChI is InChI=1S/C25H27N5O5/c1-5-34-24(32)20-19(28-25(33)29-21(20)16-9-7-6-8-10-16)13-35-23(31)17-11-15(4)27-22-18(17)12-26-30(22)14(2)3/h6-12,14,21H,5,13H2,1-4H3,(H2,28,29,33). The number of benzene rings is 1. The van der Waals surface area contributed by atoms with E-state index in [1.165, 1.54) is 0 Å². The minimum atomic E-state index is -0.753. The Balaban J connectivity index is 1.68. The SMILES string of the molecule is CCOC(=O)C1=C(COC(=O)c2cc(C)nc3c2cnn3C(C)C)NC(=O)NC1c1ccccc1. The van der Waals surface area contributed by atoms with Crippen LogP contribution in [0.4, 0.5) is 4.79 Å². The lowest BCUT2D eigenvalue weighted by atomic mass is 9.95. The summed E-state index contributed by atoms with van der Waals surface area (Å²) < 4.78 is 12.6. The molecule has 0 saturated carbocycles. The minimum Gasteiger partial charge on any atom is -0.463 e. The highest BCUT2D eigenvalue weighted by molar-refractivity contribution is 6.03. The Morgan fingerprint density at radius 3 is 2.57 bits per heavy atom. The second-order valence-electron chi connectivity index (χ2n) is 8.36. The lowest BCUT2D eigenvalue weighted by Gasteiger charge is -2.29. The van der Waals surface area contributed by atoms with Crippen molar-refractivity contribution >= 4 is 29.0 Å². The number of amides is 2. The number of esters is 2. The lowest BCUT2D eigenvalue weighted by Crippen LogP contribution is -2.47. The van der Waals surface area contributed by atoms with E-state index >= 15 is 0 Å². The van der Waals surface area contributed by atoms with Crippen LogP contribution in [0.3, 0.4) is 0 Å². The molecule has 10 heteroatoms. The molecule has 0 radical (unpaired) electrons. The normalized spacial score (nSPS) is 15.7. The van der Waals surface area contributed by atoms with Gasteiger partial charge in [0, 0.05) is 11.7 Å². The van der Waals surface area contributed by atoms with E-state index in [0.717, 1.165) is 0 Å². The molecule has 1 atom stereocenters. The molecule has 0 bridgehead atoms. The molecule has 2 aromatic heterocycles. The minimum absolute atomic E-state index is 0.0582. The van der Waals surface area contributed by atoms with Crippen LogP contribution in [-0.2, 0) is 14.3 Å². The number of aromatic nitrogens is 3. The molecule has 182 valence electrons. The van der Waals surface area contributed by atoms with Gasteiger partial charge >= 0.3 is 18.0 Å². The summed E-state index contributed by atoms with van der Waals surface area (Å²) in [6, 6.07) is 9.45. The number of carbonyl (C=O) groups is 3. The smallest absolute Gasteiger partial charge is 0.339 e. The van der Waals surface area contributed by atoms with Crippen molar-refractivity contribution in [2.24, 2.45) is 0 Å². The van der Waals surface area contributed by atoms with Crippen molar-refractivity contribution in [3.63, 3.8) is 0 Å². The third kappa shape index (κ3) is 4.86. The van der Waals surface area contributed by atoms with E-state index in [0.29, 0.717) is 27.9 Å². The van der Waals surface area contributed by atoms with Crippen LogP contribution in [-0.4, -0.2) is 45.9 Å².